The number of para-hydroxylation sites is 2. The largest absolute Gasteiger partial charge is 0.455 e. The number of hydrogen-bond donors (Lipinski definition) is 0. The summed E-state index contributed by atoms with van der Waals surface area (Å²) < 4.78 is 6.34. The van der Waals surface area contributed by atoms with Gasteiger partial charge in [0.05, 0.1) is 0 Å². The molecule has 0 unspecified atom stereocenters. The average Bonchev–Trinajstić information content (AvgIpc) is 3.63. The molecule has 0 aliphatic carbocycles. The monoisotopic (exact) mass is 677 g/mol. The van der Waals surface area contributed by atoms with Crippen LogP contribution in [0.5, 0.6) is 0 Å². The van der Waals surface area contributed by atoms with Gasteiger partial charge in [0.25, 0.3) is 0 Å². The lowest BCUT2D eigenvalue weighted by molar-refractivity contribution is 0.670. The summed E-state index contributed by atoms with van der Waals surface area (Å²) in [7, 11) is 0. The van der Waals surface area contributed by atoms with Crippen molar-refractivity contribution in [2.24, 2.45) is 0 Å². The fourth-order valence-corrected chi connectivity index (χ4v) is 7.35. The van der Waals surface area contributed by atoms with Crippen molar-refractivity contribution in [1.82, 2.24) is 15.0 Å². The fourth-order valence-electron chi connectivity index (χ4n) is 7.35. The topological polar surface area (TPSA) is 51.8 Å². The molecule has 4 heteroatoms. The summed E-state index contributed by atoms with van der Waals surface area (Å²) in [6.45, 7) is 0. The summed E-state index contributed by atoms with van der Waals surface area (Å²) in [6.07, 6.45) is 0. The van der Waals surface area contributed by atoms with Crippen molar-refractivity contribution in [3.8, 4) is 67.5 Å². The summed E-state index contributed by atoms with van der Waals surface area (Å²) >= 11 is 0. The van der Waals surface area contributed by atoms with E-state index in [1.807, 2.05) is 54.6 Å². The molecule has 0 spiro atoms. The maximum absolute atomic E-state index is 6.34. The number of furan rings is 1. The van der Waals surface area contributed by atoms with E-state index in [0.29, 0.717) is 17.5 Å². The molecule has 0 fully saturated rings. The Labute approximate surface area is 306 Å². The third-order valence-electron chi connectivity index (χ3n) is 9.99. The van der Waals surface area contributed by atoms with Crippen LogP contribution in [0.4, 0.5) is 0 Å². The molecule has 0 atom stereocenters. The SMILES string of the molecule is c1ccc(-c2nc(-c3ccc(-c4cccc5c4oc4ccccc45)cc3)nc(-c3ccccc3-c3ccc(-c4cccc5ccccc45)cc3)n2)cc1. The molecule has 0 aliphatic heterocycles. The second-order valence-corrected chi connectivity index (χ2v) is 13.2. The fraction of sp³-hybridized carbons (Fsp3) is 0. The summed E-state index contributed by atoms with van der Waals surface area (Å²) in [6, 6.07) is 65.2. The first-order valence-electron chi connectivity index (χ1n) is 17.8. The highest BCUT2D eigenvalue weighted by Crippen LogP contribution is 2.38. The quantitative estimate of drug-likeness (QED) is 0.176. The van der Waals surface area contributed by atoms with Gasteiger partial charge >= 0.3 is 0 Å². The van der Waals surface area contributed by atoms with Gasteiger partial charge in [0.15, 0.2) is 17.5 Å². The molecule has 0 amide bonds. The molecule has 2 heterocycles. The van der Waals surface area contributed by atoms with E-state index >= 15 is 0 Å². The average molecular weight is 678 g/mol. The molecule has 8 aromatic carbocycles. The molecular formula is C49H31N3O. The zero-order valence-corrected chi connectivity index (χ0v) is 28.6. The van der Waals surface area contributed by atoms with Crippen molar-refractivity contribution >= 4 is 32.7 Å². The van der Waals surface area contributed by atoms with Gasteiger partial charge in [0.1, 0.15) is 11.2 Å². The van der Waals surface area contributed by atoms with E-state index in [1.54, 1.807) is 0 Å². The van der Waals surface area contributed by atoms with E-state index in [2.05, 4.69) is 133 Å². The zero-order chi connectivity index (χ0) is 35.1. The molecule has 0 N–H and O–H groups in total. The molecule has 53 heavy (non-hydrogen) atoms. The molecule has 0 radical (unpaired) electrons. The van der Waals surface area contributed by atoms with Crippen LogP contribution < -0.4 is 0 Å². The smallest absolute Gasteiger partial charge is 0.164 e. The lowest BCUT2D eigenvalue weighted by atomic mass is 9.94. The third-order valence-corrected chi connectivity index (χ3v) is 9.99. The van der Waals surface area contributed by atoms with Crippen LogP contribution in [0.15, 0.2) is 192 Å². The highest BCUT2D eigenvalue weighted by Gasteiger charge is 2.17. The standard InChI is InChI=1S/C49H31N3O/c1-2-13-36(14-3-1)47-50-48(37-30-28-35(29-31-37)41-21-11-22-43-42-18-8-9-23-45(42)53-46(41)43)52-49(51-47)44-19-7-6-17-40(44)34-26-24-33(25-27-34)39-20-10-15-32-12-4-5-16-38(32)39/h1-31H. The summed E-state index contributed by atoms with van der Waals surface area (Å²) in [5, 5.41) is 4.71. The van der Waals surface area contributed by atoms with Gasteiger partial charge in [0, 0.05) is 33.0 Å². The van der Waals surface area contributed by atoms with Crippen molar-refractivity contribution in [3.05, 3.63) is 188 Å². The minimum Gasteiger partial charge on any atom is -0.455 e. The molecular weight excluding hydrogens is 647 g/mol. The van der Waals surface area contributed by atoms with Gasteiger partial charge in [-0.05, 0) is 44.7 Å². The van der Waals surface area contributed by atoms with Gasteiger partial charge < -0.3 is 4.42 Å². The lowest BCUT2D eigenvalue weighted by Gasteiger charge is -2.13. The van der Waals surface area contributed by atoms with Gasteiger partial charge in [0.2, 0.25) is 0 Å². The van der Waals surface area contributed by atoms with Gasteiger partial charge in [-0.25, -0.2) is 15.0 Å². The Morgan fingerprint density at radius 2 is 0.755 bits per heavy atom. The van der Waals surface area contributed by atoms with Crippen LogP contribution in [-0.4, -0.2) is 15.0 Å². The number of nitrogens with zero attached hydrogens (tertiary/aromatic N) is 3. The Morgan fingerprint density at radius 1 is 0.283 bits per heavy atom. The Bertz CT molecular complexity index is 2920. The minimum absolute atomic E-state index is 0.614. The highest BCUT2D eigenvalue weighted by atomic mass is 16.3. The van der Waals surface area contributed by atoms with Crippen molar-refractivity contribution in [1.29, 1.82) is 0 Å². The predicted molar refractivity (Wildman–Crippen MR) is 217 cm³/mol. The maximum atomic E-state index is 6.34. The van der Waals surface area contributed by atoms with Crippen LogP contribution in [0.2, 0.25) is 0 Å². The second kappa shape index (κ2) is 12.9. The first kappa shape index (κ1) is 30.6. The first-order chi connectivity index (χ1) is 26.3. The van der Waals surface area contributed by atoms with Crippen LogP contribution in [0.25, 0.3) is 100 Å². The van der Waals surface area contributed by atoms with Crippen molar-refractivity contribution in [2.45, 2.75) is 0 Å². The lowest BCUT2D eigenvalue weighted by Crippen LogP contribution is -2.01. The third kappa shape index (κ3) is 5.54. The van der Waals surface area contributed by atoms with E-state index < -0.39 is 0 Å². The molecule has 0 saturated heterocycles. The highest BCUT2D eigenvalue weighted by molar-refractivity contribution is 6.09. The van der Waals surface area contributed by atoms with Gasteiger partial charge in [-0.1, -0.05) is 182 Å². The van der Waals surface area contributed by atoms with Crippen LogP contribution >= 0.6 is 0 Å². The Morgan fingerprint density at radius 3 is 1.53 bits per heavy atom. The van der Waals surface area contributed by atoms with Crippen LogP contribution in [0, 0.1) is 0 Å². The van der Waals surface area contributed by atoms with Gasteiger partial charge in [-0.15, -0.1) is 0 Å². The molecule has 0 aliphatic rings. The summed E-state index contributed by atoms with van der Waals surface area (Å²) in [5.74, 6) is 1.87. The number of fused-ring (bicyclic) bond motifs is 4. The molecule has 10 aromatic rings. The minimum atomic E-state index is 0.614. The zero-order valence-electron chi connectivity index (χ0n) is 28.6. The van der Waals surface area contributed by atoms with Gasteiger partial charge in [-0.2, -0.15) is 0 Å². The van der Waals surface area contributed by atoms with E-state index in [1.165, 1.54) is 21.9 Å². The van der Waals surface area contributed by atoms with Gasteiger partial charge in [-0.3, -0.25) is 0 Å². The summed E-state index contributed by atoms with van der Waals surface area (Å²) in [4.78, 5) is 15.2. The molecule has 2 aromatic heterocycles. The second-order valence-electron chi connectivity index (χ2n) is 13.2. The number of aromatic nitrogens is 3. The summed E-state index contributed by atoms with van der Waals surface area (Å²) in [5.41, 5.74) is 11.2. The Balaban J connectivity index is 1.05. The molecule has 0 saturated carbocycles. The number of hydrogen-bond acceptors (Lipinski definition) is 4. The first-order valence-corrected chi connectivity index (χ1v) is 17.8. The Kier molecular flexibility index (Phi) is 7.43. The molecule has 4 nitrogen and oxygen atoms in total. The van der Waals surface area contributed by atoms with Crippen LogP contribution in [0.1, 0.15) is 0 Å². The Hall–Kier alpha value is -7.17. The molecule has 0 bridgehead atoms. The number of rotatable bonds is 6. The van der Waals surface area contributed by atoms with Crippen molar-refractivity contribution < 1.29 is 4.42 Å². The van der Waals surface area contributed by atoms with E-state index in [9.17, 15) is 0 Å². The predicted octanol–water partition coefficient (Wildman–Crippen LogP) is 12.9. The van der Waals surface area contributed by atoms with Crippen LogP contribution in [0.3, 0.4) is 0 Å². The number of benzene rings is 8. The van der Waals surface area contributed by atoms with E-state index in [0.717, 1.165) is 60.9 Å². The maximum Gasteiger partial charge on any atom is 0.164 e. The molecule has 248 valence electrons. The molecule has 10 rings (SSSR count). The van der Waals surface area contributed by atoms with E-state index in [-0.39, 0.29) is 0 Å². The van der Waals surface area contributed by atoms with Crippen molar-refractivity contribution in [2.75, 3.05) is 0 Å². The van der Waals surface area contributed by atoms with Crippen molar-refractivity contribution in [3.63, 3.8) is 0 Å². The van der Waals surface area contributed by atoms with Crippen LogP contribution in [-0.2, 0) is 0 Å². The normalized spacial score (nSPS) is 11.4. The van der Waals surface area contributed by atoms with E-state index in [4.69, 9.17) is 19.4 Å².